The molecule has 4 heteroatoms. The maximum Gasteiger partial charge on any atom is 0.203 e. The maximum absolute atomic E-state index is 6.25. The van der Waals surface area contributed by atoms with Crippen molar-refractivity contribution in [1.82, 2.24) is 0 Å². The van der Waals surface area contributed by atoms with E-state index < -0.39 is 0 Å². The van der Waals surface area contributed by atoms with Gasteiger partial charge in [-0.25, -0.2) is 0 Å². The summed E-state index contributed by atoms with van der Waals surface area (Å²) < 4.78 is 17.0. The van der Waals surface area contributed by atoms with Crippen molar-refractivity contribution in [2.45, 2.75) is 38.2 Å². The predicted molar refractivity (Wildman–Crippen MR) is 79.6 cm³/mol. The van der Waals surface area contributed by atoms with E-state index in [1.165, 1.54) is 19.3 Å². The summed E-state index contributed by atoms with van der Waals surface area (Å²) in [4.78, 5) is 0. The molecule has 2 atom stereocenters. The molecule has 1 fully saturated rings. The zero-order valence-electron chi connectivity index (χ0n) is 12.4. The Morgan fingerprint density at radius 3 is 2.30 bits per heavy atom. The molecule has 1 saturated carbocycles. The van der Waals surface area contributed by atoms with E-state index in [9.17, 15) is 0 Å². The van der Waals surface area contributed by atoms with Gasteiger partial charge < -0.3 is 19.9 Å². The molecule has 0 aliphatic heterocycles. The fourth-order valence-corrected chi connectivity index (χ4v) is 2.86. The van der Waals surface area contributed by atoms with Crippen molar-refractivity contribution >= 4 is 0 Å². The molecule has 0 amide bonds. The van der Waals surface area contributed by atoms with E-state index in [4.69, 9.17) is 19.9 Å². The standard InChI is InChI=1S/C16H25NO3/c1-18-14-9-6-10-15(19-2)16(14)20-13-8-5-3-4-7-12(13)11-17/h6,9-10,12-13H,3-5,7-8,11,17H2,1-2H3. The Bertz CT molecular complexity index is 400. The van der Waals surface area contributed by atoms with Gasteiger partial charge in [0.15, 0.2) is 11.5 Å². The smallest absolute Gasteiger partial charge is 0.203 e. The average molecular weight is 279 g/mol. The van der Waals surface area contributed by atoms with Crippen molar-refractivity contribution in [3.8, 4) is 17.2 Å². The highest BCUT2D eigenvalue weighted by Crippen LogP contribution is 2.39. The molecule has 0 heterocycles. The molecule has 0 radical (unpaired) electrons. The molecule has 112 valence electrons. The molecule has 4 nitrogen and oxygen atoms in total. The summed E-state index contributed by atoms with van der Waals surface area (Å²) in [6, 6.07) is 5.69. The Kier molecular flexibility index (Phi) is 5.53. The first-order valence-electron chi connectivity index (χ1n) is 7.37. The van der Waals surface area contributed by atoms with Crippen molar-refractivity contribution in [2.24, 2.45) is 11.7 Å². The second kappa shape index (κ2) is 7.39. The van der Waals surface area contributed by atoms with Crippen LogP contribution in [0, 0.1) is 5.92 Å². The fourth-order valence-electron chi connectivity index (χ4n) is 2.86. The lowest BCUT2D eigenvalue weighted by atomic mass is 9.97. The van der Waals surface area contributed by atoms with Gasteiger partial charge in [0, 0.05) is 5.92 Å². The highest BCUT2D eigenvalue weighted by molar-refractivity contribution is 5.51. The van der Waals surface area contributed by atoms with Crippen LogP contribution in [0.3, 0.4) is 0 Å². The van der Waals surface area contributed by atoms with E-state index >= 15 is 0 Å². The van der Waals surface area contributed by atoms with E-state index in [0.717, 1.165) is 12.8 Å². The molecule has 2 N–H and O–H groups in total. The Morgan fingerprint density at radius 2 is 1.70 bits per heavy atom. The third kappa shape index (κ3) is 3.37. The number of benzene rings is 1. The number of ether oxygens (including phenoxy) is 3. The third-order valence-corrected chi connectivity index (χ3v) is 4.04. The molecule has 0 spiro atoms. The number of para-hydroxylation sites is 1. The van der Waals surface area contributed by atoms with Gasteiger partial charge >= 0.3 is 0 Å². The van der Waals surface area contributed by atoms with E-state index in [0.29, 0.717) is 29.7 Å². The van der Waals surface area contributed by atoms with Crippen molar-refractivity contribution in [2.75, 3.05) is 20.8 Å². The molecule has 0 saturated heterocycles. The van der Waals surface area contributed by atoms with E-state index in [2.05, 4.69) is 0 Å². The molecule has 0 bridgehead atoms. The number of nitrogens with two attached hydrogens (primary N) is 1. The van der Waals surface area contributed by atoms with Crippen LogP contribution in [0.1, 0.15) is 32.1 Å². The molecule has 1 aliphatic rings. The average Bonchev–Trinajstić information content (AvgIpc) is 2.72. The minimum absolute atomic E-state index is 0.146. The van der Waals surface area contributed by atoms with Gasteiger partial charge in [0.1, 0.15) is 6.10 Å². The van der Waals surface area contributed by atoms with E-state index in [1.54, 1.807) is 14.2 Å². The molecule has 2 unspecified atom stereocenters. The van der Waals surface area contributed by atoms with Crippen LogP contribution in [0.4, 0.5) is 0 Å². The summed E-state index contributed by atoms with van der Waals surface area (Å²) in [5.74, 6) is 2.53. The van der Waals surface area contributed by atoms with Crippen LogP contribution in [0.5, 0.6) is 17.2 Å². The third-order valence-electron chi connectivity index (χ3n) is 4.04. The Balaban J connectivity index is 2.22. The number of hydrogen-bond donors (Lipinski definition) is 1. The maximum atomic E-state index is 6.25. The Hall–Kier alpha value is -1.42. The van der Waals surface area contributed by atoms with Gasteiger partial charge in [-0.2, -0.15) is 0 Å². The molecule has 2 rings (SSSR count). The van der Waals surface area contributed by atoms with E-state index in [1.807, 2.05) is 18.2 Å². The molecule has 20 heavy (non-hydrogen) atoms. The quantitative estimate of drug-likeness (QED) is 0.842. The van der Waals surface area contributed by atoms with Crippen LogP contribution in [-0.2, 0) is 0 Å². The van der Waals surface area contributed by atoms with Gasteiger partial charge in [0.25, 0.3) is 0 Å². The molecule has 1 aliphatic carbocycles. The number of hydrogen-bond acceptors (Lipinski definition) is 4. The minimum atomic E-state index is 0.146. The highest BCUT2D eigenvalue weighted by atomic mass is 16.5. The molecule has 0 aromatic heterocycles. The normalized spacial score (nSPS) is 22.9. The Labute approximate surface area is 121 Å². The summed E-state index contributed by atoms with van der Waals surface area (Å²) in [5, 5.41) is 0. The number of rotatable bonds is 5. The highest BCUT2D eigenvalue weighted by Gasteiger charge is 2.26. The van der Waals surface area contributed by atoms with Crippen molar-refractivity contribution in [3.63, 3.8) is 0 Å². The lowest BCUT2D eigenvalue weighted by Gasteiger charge is -2.26. The first-order chi connectivity index (χ1) is 9.80. The molecule has 1 aromatic carbocycles. The summed E-state index contributed by atoms with van der Waals surface area (Å²) >= 11 is 0. The van der Waals surface area contributed by atoms with E-state index in [-0.39, 0.29) is 6.10 Å². The Morgan fingerprint density at radius 1 is 1.05 bits per heavy atom. The van der Waals surface area contributed by atoms with Crippen molar-refractivity contribution in [1.29, 1.82) is 0 Å². The van der Waals surface area contributed by atoms with Crippen molar-refractivity contribution in [3.05, 3.63) is 18.2 Å². The topological polar surface area (TPSA) is 53.7 Å². The van der Waals surface area contributed by atoms with Gasteiger partial charge in [0.05, 0.1) is 14.2 Å². The van der Waals surface area contributed by atoms with Crippen LogP contribution in [0.15, 0.2) is 18.2 Å². The minimum Gasteiger partial charge on any atom is -0.493 e. The first kappa shape index (κ1) is 15.0. The van der Waals surface area contributed by atoms with Gasteiger partial charge in [0.2, 0.25) is 5.75 Å². The molecular formula is C16H25NO3. The zero-order chi connectivity index (χ0) is 14.4. The van der Waals surface area contributed by atoms with Gasteiger partial charge in [-0.3, -0.25) is 0 Å². The summed E-state index contributed by atoms with van der Waals surface area (Å²) in [5.41, 5.74) is 5.92. The van der Waals surface area contributed by atoms with Crippen molar-refractivity contribution < 1.29 is 14.2 Å². The van der Waals surface area contributed by atoms with Crippen LogP contribution in [0.2, 0.25) is 0 Å². The predicted octanol–water partition coefficient (Wildman–Crippen LogP) is 2.99. The monoisotopic (exact) mass is 279 g/mol. The van der Waals surface area contributed by atoms with Gasteiger partial charge in [-0.1, -0.05) is 18.9 Å². The molecular weight excluding hydrogens is 254 g/mol. The van der Waals surface area contributed by atoms with Crippen LogP contribution < -0.4 is 19.9 Å². The zero-order valence-corrected chi connectivity index (χ0v) is 12.4. The summed E-state index contributed by atoms with van der Waals surface area (Å²) in [7, 11) is 3.30. The SMILES string of the molecule is COc1cccc(OC)c1OC1CCCCCC1CN. The lowest BCUT2D eigenvalue weighted by Crippen LogP contribution is -2.31. The van der Waals surface area contributed by atoms with Crippen LogP contribution in [-0.4, -0.2) is 26.9 Å². The lowest BCUT2D eigenvalue weighted by molar-refractivity contribution is 0.120. The second-order valence-electron chi connectivity index (χ2n) is 5.28. The first-order valence-corrected chi connectivity index (χ1v) is 7.37. The summed E-state index contributed by atoms with van der Waals surface area (Å²) in [6.07, 6.45) is 6.03. The van der Waals surface area contributed by atoms with Gasteiger partial charge in [-0.15, -0.1) is 0 Å². The largest absolute Gasteiger partial charge is 0.493 e. The van der Waals surface area contributed by atoms with Crippen LogP contribution in [0.25, 0.3) is 0 Å². The second-order valence-corrected chi connectivity index (χ2v) is 5.28. The fraction of sp³-hybridized carbons (Fsp3) is 0.625. The molecule has 1 aromatic rings. The van der Waals surface area contributed by atoms with Crippen LogP contribution >= 0.6 is 0 Å². The summed E-state index contributed by atoms with van der Waals surface area (Å²) in [6.45, 7) is 0.669. The number of methoxy groups -OCH3 is 2. The van der Waals surface area contributed by atoms with Gasteiger partial charge in [-0.05, 0) is 37.9 Å².